The van der Waals surface area contributed by atoms with Crippen molar-refractivity contribution in [3.8, 4) is 5.75 Å². The average Bonchev–Trinajstić information content (AvgIpc) is 2.45. The fourth-order valence-corrected chi connectivity index (χ4v) is 2.18. The van der Waals surface area contributed by atoms with E-state index < -0.39 is 0 Å². The standard InChI is InChI=1S/C14H20N2O3/c1-18-13-8-11(15)2-3-12(13)14(17)16-9-10-4-6-19-7-5-10/h2-3,8,10H,4-7,9,15H2,1H3,(H,16,17). The predicted octanol–water partition coefficient (Wildman–Crippen LogP) is 1.43. The lowest BCUT2D eigenvalue weighted by molar-refractivity contribution is 0.0642. The molecule has 5 nitrogen and oxygen atoms in total. The van der Waals surface area contributed by atoms with Crippen molar-refractivity contribution in [1.29, 1.82) is 0 Å². The van der Waals surface area contributed by atoms with Gasteiger partial charge >= 0.3 is 0 Å². The van der Waals surface area contributed by atoms with E-state index in [4.69, 9.17) is 15.2 Å². The molecular formula is C14H20N2O3. The lowest BCUT2D eigenvalue weighted by atomic mass is 10.0. The molecule has 0 aromatic heterocycles. The largest absolute Gasteiger partial charge is 0.496 e. The Balaban J connectivity index is 1.95. The summed E-state index contributed by atoms with van der Waals surface area (Å²) in [4.78, 5) is 12.1. The Kier molecular flexibility index (Phi) is 4.63. The van der Waals surface area contributed by atoms with Gasteiger partial charge in [0.2, 0.25) is 0 Å². The highest BCUT2D eigenvalue weighted by atomic mass is 16.5. The summed E-state index contributed by atoms with van der Waals surface area (Å²) in [5, 5.41) is 2.95. The lowest BCUT2D eigenvalue weighted by Crippen LogP contribution is -2.32. The minimum absolute atomic E-state index is 0.122. The Labute approximate surface area is 113 Å². The molecule has 1 heterocycles. The number of anilines is 1. The van der Waals surface area contributed by atoms with E-state index in [0.29, 0.717) is 29.5 Å². The summed E-state index contributed by atoms with van der Waals surface area (Å²) >= 11 is 0. The van der Waals surface area contributed by atoms with Crippen LogP contribution in [0, 0.1) is 5.92 Å². The van der Waals surface area contributed by atoms with E-state index in [9.17, 15) is 4.79 Å². The molecule has 0 unspecified atom stereocenters. The molecule has 1 saturated heterocycles. The van der Waals surface area contributed by atoms with Crippen LogP contribution in [0.15, 0.2) is 18.2 Å². The van der Waals surface area contributed by atoms with Crippen LogP contribution in [-0.2, 0) is 4.74 Å². The van der Waals surface area contributed by atoms with Crippen molar-refractivity contribution >= 4 is 11.6 Å². The fourth-order valence-electron chi connectivity index (χ4n) is 2.18. The van der Waals surface area contributed by atoms with E-state index in [1.807, 2.05) is 0 Å². The van der Waals surface area contributed by atoms with Crippen molar-refractivity contribution in [3.05, 3.63) is 23.8 Å². The Morgan fingerprint density at radius 1 is 1.47 bits per heavy atom. The van der Waals surface area contributed by atoms with Crippen molar-refractivity contribution in [2.75, 3.05) is 32.6 Å². The molecule has 0 atom stereocenters. The van der Waals surface area contributed by atoms with Gasteiger partial charge in [-0.1, -0.05) is 0 Å². The van der Waals surface area contributed by atoms with Gasteiger partial charge < -0.3 is 20.5 Å². The van der Waals surface area contributed by atoms with Crippen LogP contribution in [0.1, 0.15) is 23.2 Å². The number of ether oxygens (including phenoxy) is 2. The second-order valence-corrected chi connectivity index (χ2v) is 4.73. The summed E-state index contributed by atoms with van der Waals surface area (Å²) in [5.41, 5.74) is 6.77. The topological polar surface area (TPSA) is 73.6 Å². The van der Waals surface area contributed by atoms with Gasteiger partial charge in [0.1, 0.15) is 5.75 Å². The molecule has 5 heteroatoms. The summed E-state index contributed by atoms with van der Waals surface area (Å²) in [7, 11) is 1.53. The van der Waals surface area contributed by atoms with Crippen LogP contribution in [0.2, 0.25) is 0 Å². The molecule has 1 aromatic carbocycles. The van der Waals surface area contributed by atoms with Gasteiger partial charge in [0, 0.05) is 31.5 Å². The van der Waals surface area contributed by atoms with Gasteiger partial charge in [-0.15, -0.1) is 0 Å². The quantitative estimate of drug-likeness (QED) is 0.807. The van der Waals surface area contributed by atoms with Gasteiger partial charge in [0.15, 0.2) is 0 Å². The molecule has 2 rings (SSSR count). The summed E-state index contributed by atoms with van der Waals surface area (Å²) < 4.78 is 10.5. The molecule has 1 aromatic rings. The van der Waals surface area contributed by atoms with E-state index >= 15 is 0 Å². The number of amides is 1. The molecular weight excluding hydrogens is 244 g/mol. The molecule has 1 aliphatic heterocycles. The van der Waals surface area contributed by atoms with Gasteiger partial charge in [-0.25, -0.2) is 0 Å². The van der Waals surface area contributed by atoms with Gasteiger partial charge in [0.25, 0.3) is 5.91 Å². The molecule has 3 N–H and O–H groups in total. The fraction of sp³-hybridized carbons (Fsp3) is 0.500. The first-order chi connectivity index (χ1) is 9.20. The summed E-state index contributed by atoms with van der Waals surface area (Å²) in [6, 6.07) is 5.04. The number of carbonyl (C=O) groups is 1. The Morgan fingerprint density at radius 3 is 2.89 bits per heavy atom. The minimum atomic E-state index is -0.122. The maximum absolute atomic E-state index is 12.1. The zero-order valence-corrected chi connectivity index (χ0v) is 11.1. The maximum Gasteiger partial charge on any atom is 0.255 e. The second kappa shape index (κ2) is 6.43. The van der Waals surface area contributed by atoms with E-state index in [-0.39, 0.29) is 5.91 Å². The first kappa shape index (κ1) is 13.7. The van der Waals surface area contributed by atoms with Crippen LogP contribution in [0.3, 0.4) is 0 Å². The van der Waals surface area contributed by atoms with Crippen LogP contribution in [0.4, 0.5) is 5.69 Å². The number of nitrogens with one attached hydrogen (secondary N) is 1. The Bertz CT molecular complexity index is 442. The van der Waals surface area contributed by atoms with Crippen molar-refractivity contribution < 1.29 is 14.3 Å². The Morgan fingerprint density at radius 2 is 2.21 bits per heavy atom. The molecule has 19 heavy (non-hydrogen) atoms. The zero-order chi connectivity index (χ0) is 13.7. The number of hydrogen-bond donors (Lipinski definition) is 2. The van der Waals surface area contributed by atoms with Crippen molar-refractivity contribution in [1.82, 2.24) is 5.32 Å². The first-order valence-electron chi connectivity index (χ1n) is 6.50. The van der Waals surface area contributed by atoms with Gasteiger partial charge in [-0.3, -0.25) is 4.79 Å². The van der Waals surface area contributed by atoms with Crippen molar-refractivity contribution in [3.63, 3.8) is 0 Å². The number of rotatable bonds is 4. The van der Waals surface area contributed by atoms with E-state index in [1.54, 1.807) is 18.2 Å². The summed E-state index contributed by atoms with van der Waals surface area (Å²) in [6.07, 6.45) is 2.00. The monoisotopic (exact) mass is 264 g/mol. The second-order valence-electron chi connectivity index (χ2n) is 4.73. The Hall–Kier alpha value is -1.75. The summed E-state index contributed by atoms with van der Waals surface area (Å²) in [6.45, 7) is 2.24. The average molecular weight is 264 g/mol. The maximum atomic E-state index is 12.1. The van der Waals surface area contributed by atoms with Crippen LogP contribution in [0.5, 0.6) is 5.75 Å². The van der Waals surface area contributed by atoms with Crippen molar-refractivity contribution in [2.24, 2.45) is 5.92 Å². The van der Waals surface area contributed by atoms with E-state index in [0.717, 1.165) is 26.1 Å². The third-order valence-corrected chi connectivity index (χ3v) is 3.36. The third-order valence-electron chi connectivity index (χ3n) is 3.36. The third kappa shape index (κ3) is 3.61. The number of benzene rings is 1. The highest BCUT2D eigenvalue weighted by Crippen LogP contribution is 2.21. The first-order valence-corrected chi connectivity index (χ1v) is 6.50. The van der Waals surface area contributed by atoms with Crippen LogP contribution in [-0.4, -0.2) is 32.8 Å². The molecule has 1 aliphatic rings. The van der Waals surface area contributed by atoms with Gasteiger partial charge in [0.05, 0.1) is 12.7 Å². The molecule has 0 spiro atoms. The molecule has 0 aliphatic carbocycles. The van der Waals surface area contributed by atoms with Crippen LogP contribution >= 0.6 is 0 Å². The number of nitrogen functional groups attached to an aromatic ring is 1. The molecule has 1 amide bonds. The minimum Gasteiger partial charge on any atom is -0.496 e. The van der Waals surface area contributed by atoms with Gasteiger partial charge in [-0.2, -0.15) is 0 Å². The van der Waals surface area contributed by atoms with E-state index in [2.05, 4.69) is 5.32 Å². The normalized spacial score (nSPS) is 16.1. The van der Waals surface area contributed by atoms with E-state index in [1.165, 1.54) is 7.11 Å². The highest BCUT2D eigenvalue weighted by Gasteiger charge is 2.17. The highest BCUT2D eigenvalue weighted by molar-refractivity contribution is 5.97. The zero-order valence-electron chi connectivity index (χ0n) is 11.1. The van der Waals surface area contributed by atoms with Crippen LogP contribution < -0.4 is 15.8 Å². The molecule has 0 radical (unpaired) electrons. The smallest absolute Gasteiger partial charge is 0.255 e. The predicted molar refractivity (Wildman–Crippen MR) is 73.3 cm³/mol. The number of methoxy groups -OCH3 is 1. The summed E-state index contributed by atoms with van der Waals surface area (Å²) in [5.74, 6) is 0.880. The van der Waals surface area contributed by atoms with Crippen LogP contribution in [0.25, 0.3) is 0 Å². The number of nitrogens with two attached hydrogens (primary N) is 1. The SMILES string of the molecule is COc1cc(N)ccc1C(=O)NCC1CCOCC1. The molecule has 1 fully saturated rings. The lowest BCUT2D eigenvalue weighted by Gasteiger charge is -2.22. The molecule has 0 saturated carbocycles. The van der Waals surface area contributed by atoms with Gasteiger partial charge in [-0.05, 0) is 30.9 Å². The number of hydrogen-bond acceptors (Lipinski definition) is 4. The molecule has 0 bridgehead atoms. The van der Waals surface area contributed by atoms with Crippen molar-refractivity contribution in [2.45, 2.75) is 12.8 Å². The molecule has 104 valence electrons. The number of carbonyl (C=O) groups excluding carboxylic acids is 1.